The number of amides is 1. The van der Waals surface area contributed by atoms with Gasteiger partial charge >= 0.3 is 6.09 Å². The fourth-order valence-corrected chi connectivity index (χ4v) is 2.37. The highest BCUT2D eigenvalue weighted by atomic mass is 16.6. The number of rotatable bonds is 2. The molecule has 0 saturated heterocycles. The molecule has 1 aliphatic heterocycles. The molecular weight excluding hydrogens is 260 g/mol. The molecular formula is C13H22N4O3. The van der Waals surface area contributed by atoms with Crippen LogP contribution in [0, 0.1) is 0 Å². The molecule has 1 aromatic heterocycles. The molecule has 7 heteroatoms. The quantitative estimate of drug-likeness (QED) is 0.879. The lowest BCUT2D eigenvalue weighted by Gasteiger charge is -2.35. The Bertz CT molecular complexity index is 492. The topological polar surface area (TPSA) is 80.5 Å². The molecule has 0 aromatic carbocycles. The third-order valence-electron chi connectivity index (χ3n) is 3.25. The van der Waals surface area contributed by atoms with Crippen molar-refractivity contribution >= 4 is 6.09 Å². The molecule has 0 bridgehead atoms. The molecule has 20 heavy (non-hydrogen) atoms. The van der Waals surface area contributed by atoms with E-state index in [1.54, 1.807) is 0 Å². The number of hydrogen-bond acceptors (Lipinski definition) is 5. The number of carbonyl (C=O) groups is 1. The zero-order chi connectivity index (χ0) is 14.9. The maximum Gasteiger partial charge on any atom is 0.410 e. The Labute approximate surface area is 118 Å². The Morgan fingerprint density at radius 3 is 2.75 bits per heavy atom. The zero-order valence-electron chi connectivity index (χ0n) is 12.5. The van der Waals surface area contributed by atoms with Crippen molar-refractivity contribution in [2.75, 3.05) is 13.2 Å². The van der Waals surface area contributed by atoms with E-state index in [0.29, 0.717) is 18.7 Å². The Balaban J connectivity index is 2.23. The second kappa shape index (κ2) is 5.40. The van der Waals surface area contributed by atoms with Crippen LogP contribution in [0.15, 0.2) is 0 Å². The molecule has 112 valence electrons. The second-order valence-electron chi connectivity index (χ2n) is 5.86. The molecule has 0 radical (unpaired) electrons. The molecule has 1 atom stereocenters. The van der Waals surface area contributed by atoms with Crippen LogP contribution in [0.5, 0.6) is 0 Å². The summed E-state index contributed by atoms with van der Waals surface area (Å²) in [6, 6.07) is -0.478. The van der Waals surface area contributed by atoms with Gasteiger partial charge in [-0.1, -0.05) is 5.21 Å². The van der Waals surface area contributed by atoms with Gasteiger partial charge in [-0.3, -0.25) is 4.90 Å². The average molecular weight is 282 g/mol. The van der Waals surface area contributed by atoms with Crippen LogP contribution in [0.2, 0.25) is 0 Å². The van der Waals surface area contributed by atoms with Crippen LogP contribution in [0.25, 0.3) is 0 Å². The number of aromatic nitrogens is 3. The fraction of sp³-hybridized carbons (Fsp3) is 0.769. The van der Waals surface area contributed by atoms with Crippen molar-refractivity contribution in [2.45, 2.75) is 52.3 Å². The van der Waals surface area contributed by atoms with E-state index in [9.17, 15) is 9.90 Å². The summed E-state index contributed by atoms with van der Waals surface area (Å²) in [5.74, 6) is 0. The second-order valence-corrected chi connectivity index (χ2v) is 5.86. The summed E-state index contributed by atoms with van der Waals surface area (Å²) in [6.07, 6.45) is 0.250. The average Bonchev–Trinajstić information content (AvgIpc) is 2.78. The predicted octanol–water partition coefficient (Wildman–Crippen LogP) is 1.12. The number of aryl methyl sites for hydroxylation is 1. The van der Waals surface area contributed by atoms with Gasteiger partial charge in [0.05, 0.1) is 12.3 Å². The number of aliphatic hydroxyl groups excluding tert-OH is 1. The molecule has 0 spiro atoms. The van der Waals surface area contributed by atoms with Crippen LogP contribution in [-0.2, 0) is 17.7 Å². The SMILES string of the molecule is CCn1nnc2c1CCN(C(=O)OC(C)(C)C)[C@@H]2CO. The van der Waals surface area contributed by atoms with E-state index in [1.165, 1.54) is 4.90 Å². The van der Waals surface area contributed by atoms with Crippen LogP contribution < -0.4 is 0 Å². The molecule has 1 N–H and O–H groups in total. The van der Waals surface area contributed by atoms with Gasteiger partial charge in [-0.2, -0.15) is 0 Å². The number of carbonyl (C=O) groups excluding carboxylic acids is 1. The largest absolute Gasteiger partial charge is 0.444 e. The van der Waals surface area contributed by atoms with Crippen molar-refractivity contribution in [1.29, 1.82) is 0 Å². The summed E-state index contributed by atoms with van der Waals surface area (Å²) in [5.41, 5.74) is 1.11. The van der Waals surface area contributed by atoms with Crippen molar-refractivity contribution in [1.82, 2.24) is 19.9 Å². The minimum atomic E-state index is -0.557. The monoisotopic (exact) mass is 282 g/mol. The van der Waals surface area contributed by atoms with Crippen LogP contribution in [0.3, 0.4) is 0 Å². The van der Waals surface area contributed by atoms with Crippen molar-refractivity contribution < 1.29 is 14.6 Å². The normalized spacial score (nSPS) is 18.9. The van der Waals surface area contributed by atoms with E-state index in [4.69, 9.17) is 4.74 Å². The van der Waals surface area contributed by atoms with E-state index in [-0.39, 0.29) is 6.61 Å². The van der Waals surface area contributed by atoms with Crippen molar-refractivity contribution in [3.8, 4) is 0 Å². The molecule has 1 aromatic rings. The molecule has 7 nitrogen and oxygen atoms in total. The Morgan fingerprint density at radius 2 is 2.20 bits per heavy atom. The lowest BCUT2D eigenvalue weighted by atomic mass is 10.0. The summed E-state index contributed by atoms with van der Waals surface area (Å²) in [6.45, 7) is 8.50. The Kier molecular flexibility index (Phi) is 3.99. The maximum absolute atomic E-state index is 12.2. The summed E-state index contributed by atoms with van der Waals surface area (Å²) in [7, 11) is 0. The number of hydrogen-bond donors (Lipinski definition) is 1. The summed E-state index contributed by atoms with van der Waals surface area (Å²) < 4.78 is 7.19. The third-order valence-corrected chi connectivity index (χ3v) is 3.25. The first-order valence-electron chi connectivity index (χ1n) is 6.90. The minimum Gasteiger partial charge on any atom is -0.444 e. The molecule has 1 aliphatic rings. The van der Waals surface area contributed by atoms with E-state index >= 15 is 0 Å². The van der Waals surface area contributed by atoms with Gasteiger partial charge in [-0.05, 0) is 27.7 Å². The molecule has 0 unspecified atom stereocenters. The molecule has 2 rings (SSSR count). The van der Waals surface area contributed by atoms with Crippen molar-refractivity contribution in [3.05, 3.63) is 11.4 Å². The van der Waals surface area contributed by atoms with Crippen LogP contribution in [-0.4, -0.2) is 49.8 Å². The highest BCUT2D eigenvalue weighted by Gasteiger charge is 2.36. The molecule has 0 aliphatic carbocycles. The first-order valence-corrected chi connectivity index (χ1v) is 6.90. The van der Waals surface area contributed by atoms with E-state index < -0.39 is 17.7 Å². The standard InChI is InChI=1S/C13H22N4O3/c1-5-17-9-6-7-16(12(19)20-13(2,3)4)10(8-18)11(9)14-15-17/h10,18H,5-8H2,1-4H3/t10-/m1/s1. The molecule has 2 heterocycles. The van der Waals surface area contributed by atoms with E-state index in [1.807, 2.05) is 32.4 Å². The predicted molar refractivity (Wildman–Crippen MR) is 72.2 cm³/mol. The maximum atomic E-state index is 12.2. The first kappa shape index (κ1) is 14.8. The van der Waals surface area contributed by atoms with Gasteiger partial charge in [0, 0.05) is 19.5 Å². The van der Waals surface area contributed by atoms with Crippen LogP contribution in [0.4, 0.5) is 4.79 Å². The lowest BCUT2D eigenvalue weighted by Crippen LogP contribution is -2.44. The van der Waals surface area contributed by atoms with Crippen molar-refractivity contribution in [3.63, 3.8) is 0 Å². The number of nitrogens with zero attached hydrogens (tertiary/aromatic N) is 4. The lowest BCUT2D eigenvalue weighted by molar-refractivity contribution is 0.00612. The summed E-state index contributed by atoms with van der Waals surface area (Å²) in [5, 5.41) is 17.8. The molecule has 0 fully saturated rings. The van der Waals surface area contributed by atoms with E-state index in [2.05, 4.69) is 10.3 Å². The van der Waals surface area contributed by atoms with Gasteiger partial charge in [0.15, 0.2) is 0 Å². The van der Waals surface area contributed by atoms with Gasteiger partial charge in [-0.15, -0.1) is 5.10 Å². The van der Waals surface area contributed by atoms with E-state index in [0.717, 1.165) is 12.2 Å². The van der Waals surface area contributed by atoms with Gasteiger partial charge in [-0.25, -0.2) is 9.48 Å². The van der Waals surface area contributed by atoms with Gasteiger partial charge in [0.25, 0.3) is 0 Å². The van der Waals surface area contributed by atoms with Gasteiger partial charge < -0.3 is 9.84 Å². The number of ether oxygens (including phenoxy) is 1. The first-order chi connectivity index (χ1) is 9.37. The third kappa shape index (κ3) is 2.77. The van der Waals surface area contributed by atoms with Gasteiger partial charge in [0.2, 0.25) is 0 Å². The molecule has 0 saturated carbocycles. The fourth-order valence-electron chi connectivity index (χ4n) is 2.37. The van der Waals surface area contributed by atoms with Crippen molar-refractivity contribution in [2.24, 2.45) is 0 Å². The number of fused-ring (bicyclic) bond motifs is 1. The highest BCUT2D eigenvalue weighted by molar-refractivity contribution is 5.69. The highest BCUT2D eigenvalue weighted by Crippen LogP contribution is 2.29. The minimum absolute atomic E-state index is 0.186. The summed E-state index contributed by atoms with van der Waals surface area (Å²) >= 11 is 0. The Morgan fingerprint density at radius 1 is 1.50 bits per heavy atom. The summed E-state index contributed by atoms with van der Waals surface area (Å²) in [4.78, 5) is 13.7. The number of aliphatic hydroxyl groups is 1. The van der Waals surface area contributed by atoms with Crippen LogP contribution in [0.1, 0.15) is 45.1 Å². The Hall–Kier alpha value is -1.63. The molecule has 1 amide bonds. The van der Waals surface area contributed by atoms with Gasteiger partial charge in [0.1, 0.15) is 17.3 Å². The zero-order valence-corrected chi connectivity index (χ0v) is 12.5. The van der Waals surface area contributed by atoms with Crippen LogP contribution >= 0.6 is 0 Å². The smallest absolute Gasteiger partial charge is 0.410 e.